The smallest absolute Gasteiger partial charge is 0.311 e. The lowest BCUT2D eigenvalue weighted by Crippen LogP contribution is -2.60. The van der Waals surface area contributed by atoms with Crippen molar-refractivity contribution in [2.45, 2.75) is 142 Å². The van der Waals surface area contributed by atoms with Gasteiger partial charge >= 0.3 is 11.9 Å². The maximum absolute atomic E-state index is 14.6. The lowest BCUT2D eigenvalue weighted by molar-refractivity contribution is -0.302. The second kappa shape index (κ2) is 19.0. The summed E-state index contributed by atoms with van der Waals surface area (Å²) >= 11 is 0. The molecule has 0 radical (unpaired) electrons. The first kappa shape index (κ1) is 45.6. The minimum atomic E-state index is -1.25. The molecule has 2 aromatic heterocycles. The summed E-state index contributed by atoms with van der Waals surface area (Å²) in [5, 5.41) is 24.3. The molecule has 0 saturated carbocycles. The first-order chi connectivity index (χ1) is 28.4. The molecule has 4 saturated heterocycles. The quantitative estimate of drug-likeness (QED) is 0.288. The number of aliphatic hydroxyl groups is 1. The number of nitrogens with zero attached hydrogens (tertiary/aromatic N) is 5. The highest BCUT2D eigenvalue weighted by molar-refractivity contribution is 5.87. The molecule has 0 unspecified atom stereocenters. The Morgan fingerprint density at radius 3 is 2.45 bits per heavy atom. The highest BCUT2D eigenvalue weighted by Crippen LogP contribution is 2.46. The Bertz CT molecular complexity index is 1850. The number of ketones is 1. The molecule has 6 heterocycles. The van der Waals surface area contributed by atoms with Gasteiger partial charge in [-0.1, -0.05) is 38.9 Å². The topological polar surface area (TPSA) is 190 Å². The highest BCUT2D eigenvalue weighted by Gasteiger charge is 2.57. The van der Waals surface area contributed by atoms with Crippen molar-refractivity contribution in [2.24, 2.45) is 34.7 Å². The number of hydrogen-bond donors (Lipinski definition) is 1. The number of fused-ring (bicyclic) bond motifs is 4. The Labute approximate surface area is 353 Å². The Balaban J connectivity index is 1.39. The van der Waals surface area contributed by atoms with Crippen molar-refractivity contribution in [2.75, 3.05) is 27.3 Å². The van der Waals surface area contributed by atoms with Crippen LogP contribution < -0.4 is 0 Å². The van der Waals surface area contributed by atoms with Gasteiger partial charge in [0.25, 0.3) is 0 Å². The number of oxime groups is 1. The minimum Gasteiger partial charge on any atom is -0.458 e. The van der Waals surface area contributed by atoms with Gasteiger partial charge in [-0.3, -0.25) is 14.4 Å². The van der Waals surface area contributed by atoms with E-state index in [2.05, 4.69) is 20.3 Å². The maximum atomic E-state index is 14.6. The summed E-state index contributed by atoms with van der Waals surface area (Å²) in [6.45, 7) is 14.6. The van der Waals surface area contributed by atoms with Crippen molar-refractivity contribution in [1.29, 1.82) is 0 Å². The van der Waals surface area contributed by atoms with Crippen LogP contribution in [0.1, 0.15) is 86.8 Å². The van der Waals surface area contributed by atoms with E-state index in [0.717, 1.165) is 0 Å². The molecule has 0 spiro atoms. The van der Waals surface area contributed by atoms with Gasteiger partial charge in [-0.15, -0.1) is 5.10 Å². The molecule has 16 heteroatoms. The van der Waals surface area contributed by atoms with Gasteiger partial charge in [0.2, 0.25) is 0 Å². The van der Waals surface area contributed by atoms with Crippen molar-refractivity contribution >= 4 is 23.4 Å². The molecule has 4 fully saturated rings. The summed E-state index contributed by atoms with van der Waals surface area (Å²) in [7, 11) is 3.80. The fourth-order valence-corrected chi connectivity index (χ4v) is 9.74. The van der Waals surface area contributed by atoms with Gasteiger partial charge in [-0.25, -0.2) is 4.98 Å². The molecule has 4 aliphatic heterocycles. The van der Waals surface area contributed by atoms with E-state index in [1.807, 2.05) is 84.8 Å². The summed E-state index contributed by atoms with van der Waals surface area (Å²) in [6.07, 6.45) is -2.20. The fraction of sp³-hybridized carbons (Fsp3) is 0.705. The number of carbonyl (C=O) groups excluding carboxylic acids is 3. The zero-order chi connectivity index (χ0) is 43.5. The van der Waals surface area contributed by atoms with Crippen LogP contribution in [0, 0.1) is 29.6 Å². The zero-order valence-electron chi connectivity index (χ0n) is 36.6. The number of ether oxygens (including phenoxy) is 6. The first-order valence-electron chi connectivity index (χ1n) is 21.2. The number of esters is 2. The lowest BCUT2D eigenvalue weighted by atomic mass is 9.70. The molecule has 0 aromatic carbocycles. The number of rotatable bonds is 8. The van der Waals surface area contributed by atoms with E-state index < -0.39 is 83.4 Å². The van der Waals surface area contributed by atoms with Crippen LogP contribution in [0.15, 0.2) is 41.7 Å². The average Bonchev–Trinajstić information content (AvgIpc) is 3.55. The highest BCUT2D eigenvalue weighted by atomic mass is 16.7. The predicted octanol–water partition coefficient (Wildman–Crippen LogP) is 4.56. The third kappa shape index (κ3) is 9.74. The van der Waals surface area contributed by atoms with E-state index in [9.17, 15) is 19.5 Å². The second-order valence-electron chi connectivity index (χ2n) is 17.8. The molecule has 0 amide bonds. The number of likely N-dealkylation sites (N-methyl/N-ethyl adjacent to an activating group) is 1. The van der Waals surface area contributed by atoms with Crippen LogP contribution in [0.5, 0.6) is 0 Å². The number of hydrogen-bond acceptors (Lipinski definition) is 16. The maximum Gasteiger partial charge on any atom is 0.311 e. The average molecular weight is 838 g/mol. The monoisotopic (exact) mass is 837 g/mol. The summed E-state index contributed by atoms with van der Waals surface area (Å²) in [5.41, 5.74) is -0.243. The molecule has 16 nitrogen and oxygen atoms in total. The van der Waals surface area contributed by atoms with E-state index >= 15 is 0 Å². The molecule has 60 heavy (non-hydrogen) atoms. The van der Waals surface area contributed by atoms with Crippen LogP contribution in [0.4, 0.5) is 0 Å². The van der Waals surface area contributed by atoms with Crippen molar-refractivity contribution in [3.05, 3.63) is 42.2 Å². The van der Waals surface area contributed by atoms with Crippen LogP contribution >= 0.6 is 0 Å². The van der Waals surface area contributed by atoms with Gasteiger partial charge in [0, 0.05) is 35.9 Å². The Morgan fingerprint density at radius 1 is 1.00 bits per heavy atom. The van der Waals surface area contributed by atoms with Crippen LogP contribution in [-0.2, 0) is 54.2 Å². The van der Waals surface area contributed by atoms with E-state index in [4.69, 9.17) is 33.3 Å². The molecule has 4 aliphatic rings. The van der Waals surface area contributed by atoms with Gasteiger partial charge in [0.1, 0.15) is 35.0 Å². The SMILES string of the molecule is CC[C@H]1OC(=O)[C@H](C)[C@H]2OC/C(=N/OCc3cccc(-c4cccnn4)n3)CO[C@](C)(C[C@@H](C)C(=O)[C@H](C)[C@@H]3CC(=O)O[C@]13C)[C@H](O[C@@H]1O[C@H](C)C[C@H](N(C)C)[C@H]1O)[C@H]2C. The number of cyclic esters (lactones) is 1. The minimum absolute atomic E-state index is 0.0180. The normalized spacial score (nSPS) is 38.9. The summed E-state index contributed by atoms with van der Waals surface area (Å²) in [6, 6.07) is 8.84. The Morgan fingerprint density at radius 2 is 1.75 bits per heavy atom. The Kier molecular flexibility index (Phi) is 14.4. The number of pyridine rings is 1. The molecule has 2 aromatic rings. The van der Waals surface area contributed by atoms with Gasteiger partial charge in [0.15, 0.2) is 12.9 Å². The third-order valence-electron chi connectivity index (χ3n) is 13.1. The van der Waals surface area contributed by atoms with Crippen LogP contribution in [0.3, 0.4) is 0 Å². The lowest BCUT2D eigenvalue weighted by Gasteiger charge is -2.48. The molecule has 330 valence electrons. The molecule has 1 N–H and O–H groups in total. The summed E-state index contributed by atoms with van der Waals surface area (Å²) < 4.78 is 39.0. The zero-order valence-corrected chi connectivity index (χ0v) is 36.6. The number of carbonyl (C=O) groups is 3. The molecule has 14 atom stereocenters. The van der Waals surface area contributed by atoms with Gasteiger partial charge in [-0.2, -0.15) is 5.10 Å². The molecule has 6 rings (SSSR count). The first-order valence-corrected chi connectivity index (χ1v) is 21.2. The van der Waals surface area contributed by atoms with Gasteiger partial charge in [0.05, 0.1) is 60.9 Å². The van der Waals surface area contributed by atoms with Crippen LogP contribution in [-0.4, -0.2) is 130 Å². The number of Topliss-reactive ketones (excluding diaryl/α,β-unsaturated/α-hetero) is 1. The molecular formula is C44H63N5O11. The standard InChI is InChI=1S/C44H63N5O11/c1-11-35-44(8)31(19-36(50)60-44)26(4)37(51)24(2)20-43(7)40(59-42-38(52)34(49(9)10)18-25(3)57-42)27(5)39(28(6)41(53)58-35)54-21-30(22-55-43)48-56-23-29-14-12-15-32(46-29)33-16-13-17-45-47-33/h12-17,24-28,31,34-35,38-40,42,52H,11,18-23H2,1-10H3/b48-30-/t24-,25-,26-,27+,28-,31+,34+,35-,38-,39+,40-,42+,43-,44+/m1/s1. The van der Waals surface area contributed by atoms with Crippen molar-refractivity contribution in [3.8, 4) is 11.4 Å². The van der Waals surface area contributed by atoms with Crippen molar-refractivity contribution < 1.29 is 52.7 Å². The van der Waals surface area contributed by atoms with Crippen LogP contribution in [0.25, 0.3) is 11.4 Å². The predicted molar refractivity (Wildman–Crippen MR) is 218 cm³/mol. The molecule has 2 bridgehead atoms. The second-order valence-corrected chi connectivity index (χ2v) is 17.8. The van der Waals surface area contributed by atoms with Gasteiger partial charge in [-0.05, 0) is 85.3 Å². The Hall–Kier alpha value is -3.93. The summed E-state index contributed by atoms with van der Waals surface area (Å²) in [4.78, 5) is 54.4. The van der Waals surface area contributed by atoms with E-state index in [0.29, 0.717) is 35.6 Å². The largest absolute Gasteiger partial charge is 0.458 e. The molecule has 0 aliphatic carbocycles. The van der Waals surface area contributed by atoms with E-state index in [-0.39, 0.29) is 50.6 Å². The van der Waals surface area contributed by atoms with E-state index in [1.54, 1.807) is 26.1 Å². The van der Waals surface area contributed by atoms with Crippen LogP contribution in [0.2, 0.25) is 0 Å². The molecular weight excluding hydrogens is 775 g/mol. The third-order valence-corrected chi connectivity index (χ3v) is 13.1. The fourth-order valence-electron chi connectivity index (χ4n) is 9.74. The van der Waals surface area contributed by atoms with Gasteiger partial charge < -0.3 is 43.3 Å². The summed E-state index contributed by atoms with van der Waals surface area (Å²) in [5.74, 6) is -4.34. The number of aromatic nitrogens is 3. The number of aliphatic hydroxyl groups excluding tert-OH is 1. The van der Waals surface area contributed by atoms with E-state index in [1.165, 1.54) is 0 Å². The van der Waals surface area contributed by atoms with Crippen molar-refractivity contribution in [1.82, 2.24) is 20.1 Å². The van der Waals surface area contributed by atoms with Crippen molar-refractivity contribution in [3.63, 3.8) is 0 Å².